The van der Waals surface area contributed by atoms with Gasteiger partial charge < -0.3 is 19.3 Å². The van der Waals surface area contributed by atoms with Gasteiger partial charge in [-0.05, 0) is 121 Å². The van der Waals surface area contributed by atoms with E-state index >= 15 is 0 Å². The molecule has 2 aliphatic heterocycles. The van der Waals surface area contributed by atoms with E-state index in [9.17, 15) is 9.59 Å². The van der Waals surface area contributed by atoms with Crippen molar-refractivity contribution in [2.24, 2.45) is 11.8 Å². The van der Waals surface area contributed by atoms with Gasteiger partial charge in [0.05, 0.1) is 23.3 Å². The van der Waals surface area contributed by atoms with Crippen molar-refractivity contribution in [2.75, 3.05) is 19.7 Å². The molecule has 2 aliphatic rings. The minimum Gasteiger partial charge on any atom is -0.486 e. The van der Waals surface area contributed by atoms with E-state index < -0.39 is 0 Å². The second kappa shape index (κ2) is 17.3. The number of ketones is 1. The van der Waals surface area contributed by atoms with E-state index in [1.165, 1.54) is 12.5 Å². The molecule has 3 aromatic rings. The molecule has 1 aromatic heterocycles. The molecule has 1 amide bonds. The van der Waals surface area contributed by atoms with Gasteiger partial charge in [-0.25, -0.2) is 0 Å². The highest BCUT2D eigenvalue weighted by Gasteiger charge is 2.29. The van der Waals surface area contributed by atoms with Crippen LogP contribution in [0.2, 0.25) is 5.02 Å². The first-order valence-electron chi connectivity index (χ1n) is 17.5. The number of hydrogen-bond donors (Lipinski definition) is 0. The third kappa shape index (κ3) is 9.65. The van der Waals surface area contributed by atoms with Crippen LogP contribution in [0.5, 0.6) is 5.75 Å². The summed E-state index contributed by atoms with van der Waals surface area (Å²) in [6.45, 7) is 13.7. The smallest absolute Gasteiger partial charge is 0.255 e. The normalized spacial score (nSPS) is 15.7. The SMILES string of the molecule is CC(=O)COc1ccc(-c2ccsc2)cc1CC1=C(CN(CCC(C)C)C(=O)c2ccc(COC(C)C)cc2Cl)C(C)CC=C2C=CC=CN21. The molecule has 50 heavy (non-hydrogen) atoms. The number of hydrogen-bond acceptors (Lipinski definition) is 6. The summed E-state index contributed by atoms with van der Waals surface area (Å²) in [5.74, 6) is 1.15. The van der Waals surface area contributed by atoms with Crippen molar-refractivity contribution < 1.29 is 19.1 Å². The van der Waals surface area contributed by atoms with E-state index in [1.54, 1.807) is 11.3 Å². The first-order chi connectivity index (χ1) is 24.0. The van der Waals surface area contributed by atoms with Gasteiger partial charge in [0.15, 0.2) is 5.78 Å². The van der Waals surface area contributed by atoms with E-state index in [2.05, 4.69) is 79.1 Å². The average molecular weight is 713 g/mol. The number of Topliss-reactive ketones (excluding diaryl/α,β-unsaturated/α-hetero) is 1. The molecule has 0 spiro atoms. The Balaban J connectivity index is 1.58. The predicted octanol–water partition coefficient (Wildman–Crippen LogP) is 10.3. The zero-order valence-electron chi connectivity index (χ0n) is 30.1. The van der Waals surface area contributed by atoms with Crippen molar-refractivity contribution >= 4 is 34.6 Å². The monoisotopic (exact) mass is 712 g/mol. The average Bonchev–Trinajstić information content (AvgIpc) is 3.59. The summed E-state index contributed by atoms with van der Waals surface area (Å²) >= 11 is 8.47. The maximum absolute atomic E-state index is 14.4. The van der Waals surface area contributed by atoms with Crippen LogP contribution >= 0.6 is 22.9 Å². The lowest BCUT2D eigenvalue weighted by atomic mass is 9.92. The van der Waals surface area contributed by atoms with E-state index in [-0.39, 0.29) is 30.3 Å². The van der Waals surface area contributed by atoms with Gasteiger partial charge in [0.2, 0.25) is 0 Å². The van der Waals surface area contributed by atoms with Gasteiger partial charge in [0.25, 0.3) is 5.91 Å². The lowest BCUT2D eigenvalue weighted by Crippen LogP contribution is -2.36. The molecular weight excluding hydrogens is 664 g/mol. The Morgan fingerprint density at radius 3 is 2.58 bits per heavy atom. The molecule has 0 N–H and O–H groups in total. The number of carbonyl (C=O) groups is 2. The topological polar surface area (TPSA) is 59.1 Å². The van der Waals surface area contributed by atoms with Gasteiger partial charge >= 0.3 is 0 Å². The quantitative estimate of drug-likeness (QED) is 0.157. The number of rotatable bonds is 15. The van der Waals surface area contributed by atoms with Crippen LogP contribution in [0, 0.1) is 11.8 Å². The Morgan fingerprint density at radius 2 is 1.88 bits per heavy atom. The van der Waals surface area contributed by atoms with E-state index in [1.807, 2.05) is 49.1 Å². The minimum absolute atomic E-state index is 0.00520. The predicted molar refractivity (Wildman–Crippen MR) is 205 cm³/mol. The summed E-state index contributed by atoms with van der Waals surface area (Å²) in [6.07, 6.45) is 13.0. The summed E-state index contributed by atoms with van der Waals surface area (Å²) in [4.78, 5) is 30.7. The van der Waals surface area contributed by atoms with Crippen molar-refractivity contribution in [3.8, 4) is 16.9 Å². The van der Waals surface area contributed by atoms with Crippen LogP contribution in [-0.2, 0) is 22.6 Å². The van der Waals surface area contributed by atoms with Crippen LogP contribution in [-0.4, -0.2) is 47.3 Å². The summed E-state index contributed by atoms with van der Waals surface area (Å²) < 4.78 is 11.9. The van der Waals surface area contributed by atoms with E-state index in [0.717, 1.165) is 46.5 Å². The van der Waals surface area contributed by atoms with Crippen LogP contribution in [0.3, 0.4) is 0 Å². The number of allylic oxidation sites excluding steroid dienone is 5. The molecule has 1 unspecified atom stereocenters. The molecule has 3 heterocycles. The number of nitrogens with zero attached hydrogens (tertiary/aromatic N) is 2. The van der Waals surface area contributed by atoms with Crippen LogP contribution in [0.1, 0.15) is 75.9 Å². The first kappa shape index (κ1) is 37.3. The molecule has 0 saturated heterocycles. The molecule has 2 aromatic carbocycles. The molecule has 0 fully saturated rings. The Bertz CT molecular complexity index is 1790. The highest BCUT2D eigenvalue weighted by atomic mass is 35.5. The maximum atomic E-state index is 14.4. The Labute approximate surface area is 306 Å². The zero-order valence-corrected chi connectivity index (χ0v) is 31.7. The molecule has 0 saturated carbocycles. The second-order valence-electron chi connectivity index (χ2n) is 13.9. The van der Waals surface area contributed by atoms with Gasteiger partial charge in [0, 0.05) is 42.7 Å². The number of ether oxygens (including phenoxy) is 2. The Kier molecular flexibility index (Phi) is 13.0. The fraction of sp³-hybridized carbons (Fsp3) is 0.381. The molecule has 1 atom stereocenters. The van der Waals surface area contributed by atoms with Gasteiger partial charge in [-0.3, -0.25) is 9.59 Å². The number of halogens is 1. The third-order valence-electron chi connectivity index (χ3n) is 9.00. The molecule has 8 heteroatoms. The Morgan fingerprint density at radius 1 is 1.06 bits per heavy atom. The fourth-order valence-corrected chi connectivity index (χ4v) is 7.10. The number of benzene rings is 2. The lowest BCUT2D eigenvalue weighted by Gasteiger charge is -2.32. The van der Waals surface area contributed by atoms with Crippen LogP contribution < -0.4 is 4.74 Å². The summed E-state index contributed by atoms with van der Waals surface area (Å²) in [7, 11) is 0. The van der Waals surface area contributed by atoms with Gasteiger partial charge in [-0.1, -0.05) is 56.7 Å². The molecule has 264 valence electrons. The van der Waals surface area contributed by atoms with Crippen molar-refractivity contribution in [1.82, 2.24) is 9.80 Å². The largest absolute Gasteiger partial charge is 0.486 e. The second-order valence-corrected chi connectivity index (χ2v) is 15.1. The van der Waals surface area contributed by atoms with Crippen LogP contribution in [0.15, 0.2) is 101 Å². The molecule has 5 rings (SSSR count). The highest BCUT2D eigenvalue weighted by molar-refractivity contribution is 7.08. The summed E-state index contributed by atoms with van der Waals surface area (Å²) in [6, 6.07) is 13.9. The number of carbonyl (C=O) groups excluding carboxylic acids is 2. The molecular formula is C42H49ClN2O4S. The molecule has 0 bridgehead atoms. The lowest BCUT2D eigenvalue weighted by molar-refractivity contribution is -0.118. The van der Waals surface area contributed by atoms with Crippen LogP contribution in [0.4, 0.5) is 0 Å². The minimum atomic E-state index is -0.0810. The van der Waals surface area contributed by atoms with E-state index in [0.29, 0.717) is 48.4 Å². The first-order valence-corrected chi connectivity index (χ1v) is 18.9. The highest BCUT2D eigenvalue weighted by Crippen LogP contribution is 2.37. The third-order valence-corrected chi connectivity index (χ3v) is 10.0. The summed E-state index contributed by atoms with van der Waals surface area (Å²) in [5.41, 5.74) is 8.05. The fourth-order valence-electron chi connectivity index (χ4n) is 6.15. The number of fused-ring (bicyclic) bond motifs is 1. The van der Waals surface area contributed by atoms with Crippen LogP contribution in [0.25, 0.3) is 11.1 Å². The van der Waals surface area contributed by atoms with Gasteiger partial charge in [-0.15, -0.1) is 0 Å². The Hall–Kier alpha value is -3.91. The summed E-state index contributed by atoms with van der Waals surface area (Å²) in [5, 5.41) is 4.65. The van der Waals surface area contributed by atoms with Gasteiger partial charge in [0.1, 0.15) is 12.4 Å². The van der Waals surface area contributed by atoms with E-state index in [4.69, 9.17) is 21.1 Å². The standard InChI is InChI=1S/C42H49ClN2O4S/c1-28(2)16-19-44(42(47)37-14-11-32(21-39(37)43)26-48-29(3)4)24-38-30(5)10-13-36-9-7-8-18-45(36)40(38)23-35-22-33(34-17-20-50-27-34)12-15-41(35)49-25-31(6)46/h7-9,11-15,17-18,20-22,27-30H,10,16,19,23-26H2,1-6H3. The number of amides is 1. The van der Waals surface area contributed by atoms with Gasteiger partial charge in [-0.2, -0.15) is 11.3 Å². The zero-order chi connectivity index (χ0) is 35.8. The molecule has 0 aliphatic carbocycles. The van der Waals surface area contributed by atoms with Crippen molar-refractivity contribution in [3.63, 3.8) is 0 Å². The number of thiophene rings is 1. The van der Waals surface area contributed by atoms with Crippen molar-refractivity contribution in [3.05, 3.63) is 122 Å². The van der Waals surface area contributed by atoms with Crippen molar-refractivity contribution in [1.29, 1.82) is 0 Å². The molecule has 6 nitrogen and oxygen atoms in total. The maximum Gasteiger partial charge on any atom is 0.255 e. The van der Waals surface area contributed by atoms with Crippen molar-refractivity contribution in [2.45, 2.75) is 73.5 Å². The molecule has 0 radical (unpaired) electrons.